The van der Waals surface area contributed by atoms with Crippen LogP contribution in [0.1, 0.15) is 47.0 Å². The Hall–Kier alpha value is -0.180. The average Bonchev–Trinajstić information content (AvgIpc) is 2.88. The minimum absolute atomic E-state index is 0.0995. The highest BCUT2D eigenvalue weighted by Gasteiger charge is 2.60. The van der Waals surface area contributed by atoms with Gasteiger partial charge in [-0.2, -0.15) is 0 Å². The van der Waals surface area contributed by atoms with Gasteiger partial charge in [0.05, 0.1) is 5.54 Å². The first-order valence-electron chi connectivity index (χ1n) is 6.83. The number of ether oxygens (including phenoxy) is 1. The minimum Gasteiger partial charge on any atom is -0.469 e. The van der Waals surface area contributed by atoms with E-state index in [1.165, 1.54) is 19.3 Å². The van der Waals surface area contributed by atoms with Gasteiger partial charge in [0.2, 0.25) is 5.23 Å². The van der Waals surface area contributed by atoms with E-state index in [9.17, 15) is 0 Å². The summed E-state index contributed by atoms with van der Waals surface area (Å²) in [7, 11) is 0. The first-order valence-corrected chi connectivity index (χ1v) is 7.81. The zero-order valence-electron chi connectivity index (χ0n) is 11.3. The smallest absolute Gasteiger partial charge is 0.246 e. The van der Waals surface area contributed by atoms with Crippen LogP contribution >= 0.6 is 11.8 Å². The summed E-state index contributed by atoms with van der Waals surface area (Å²) in [5.41, 5.74) is 0.432. The maximum absolute atomic E-state index is 5.80. The largest absolute Gasteiger partial charge is 0.469 e. The van der Waals surface area contributed by atoms with Crippen molar-refractivity contribution in [3.8, 4) is 0 Å². The van der Waals surface area contributed by atoms with Gasteiger partial charge < -0.3 is 4.74 Å². The fourth-order valence-corrected chi connectivity index (χ4v) is 4.93. The lowest BCUT2D eigenvalue weighted by atomic mass is 9.64. The van der Waals surface area contributed by atoms with Crippen molar-refractivity contribution in [1.29, 1.82) is 0 Å². The quantitative estimate of drug-likeness (QED) is 0.710. The van der Waals surface area contributed by atoms with Crippen molar-refractivity contribution < 1.29 is 4.74 Å². The fourth-order valence-electron chi connectivity index (χ4n) is 4.00. The Balaban J connectivity index is 1.91. The van der Waals surface area contributed by atoms with Crippen molar-refractivity contribution in [2.75, 3.05) is 5.75 Å². The summed E-state index contributed by atoms with van der Waals surface area (Å²) in [5, 5.41) is 0.945. The molecule has 0 N–H and O–H groups in total. The van der Waals surface area contributed by atoms with Crippen molar-refractivity contribution in [2.45, 2.75) is 58.6 Å². The Morgan fingerprint density at radius 3 is 2.47 bits per heavy atom. The van der Waals surface area contributed by atoms with Gasteiger partial charge in [-0.25, -0.2) is 4.99 Å². The maximum atomic E-state index is 5.80. The second kappa shape index (κ2) is 3.66. The Morgan fingerprint density at radius 2 is 1.94 bits per heavy atom. The van der Waals surface area contributed by atoms with Gasteiger partial charge in [0.1, 0.15) is 6.10 Å². The molecule has 3 aliphatic rings. The van der Waals surface area contributed by atoms with Gasteiger partial charge in [-0.1, -0.05) is 25.6 Å². The Kier molecular flexibility index (Phi) is 2.56. The first kappa shape index (κ1) is 11.9. The van der Waals surface area contributed by atoms with E-state index in [2.05, 4.69) is 27.7 Å². The van der Waals surface area contributed by atoms with Crippen LogP contribution in [0.2, 0.25) is 0 Å². The van der Waals surface area contributed by atoms with Crippen LogP contribution in [0, 0.1) is 17.3 Å². The van der Waals surface area contributed by atoms with Crippen LogP contribution in [-0.2, 0) is 4.74 Å². The highest BCUT2D eigenvalue weighted by molar-refractivity contribution is 8.13. The summed E-state index contributed by atoms with van der Waals surface area (Å²) >= 11 is 1.79. The molecule has 2 aliphatic carbocycles. The van der Waals surface area contributed by atoms with E-state index in [-0.39, 0.29) is 5.54 Å². The molecule has 3 heteroatoms. The number of fused-ring (bicyclic) bond motifs is 2. The fraction of sp³-hybridized carbons (Fsp3) is 0.929. The van der Waals surface area contributed by atoms with Crippen LogP contribution in [0.5, 0.6) is 0 Å². The van der Waals surface area contributed by atoms with Crippen molar-refractivity contribution in [3.05, 3.63) is 0 Å². The molecular weight excluding hydrogens is 230 g/mol. The van der Waals surface area contributed by atoms with Crippen molar-refractivity contribution >= 4 is 17.0 Å². The SMILES string of the molecule is C[C@@H]1CSC(=N[C@@]2(C)[C@@H]3CC[C@@H](C3)C2(C)C)O1. The molecule has 0 aromatic heterocycles. The molecule has 96 valence electrons. The van der Waals surface area contributed by atoms with E-state index in [0.717, 1.165) is 22.8 Å². The summed E-state index contributed by atoms with van der Waals surface area (Å²) in [5.74, 6) is 2.70. The van der Waals surface area contributed by atoms with Crippen molar-refractivity contribution in [1.82, 2.24) is 0 Å². The Bertz CT molecular complexity index is 365. The molecule has 0 amide bonds. The van der Waals surface area contributed by atoms with Crippen LogP contribution in [0.15, 0.2) is 4.99 Å². The monoisotopic (exact) mass is 253 g/mol. The third-order valence-electron chi connectivity index (χ3n) is 5.62. The van der Waals surface area contributed by atoms with Crippen LogP contribution in [0.4, 0.5) is 0 Å². The van der Waals surface area contributed by atoms with Gasteiger partial charge in [-0.3, -0.25) is 0 Å². The minimum atomic E-state index is 0.0995. The average molecular weight is 253 g/mol. The molecule has 0 unspecified atom stereocenters. The maximum Gasteiger partial charge on any atom is 0.246 e. The van der Waals surface area contributed by atoms with Crippen LogP contribution in [0.3, 0.4) is 0 Å². The van der Waals surface area contributed by atoms with Crippen molar-refractivity contribution in [3.63, 3.8) is 0 Å². The van der Waals surface area contributed by atoms with Crippen LogP contribution in [-0.4, -0.2) is 22.6 Å². The van der Waals surface area contributed by atoms with E-state index >= 15 is 0 Å². The van der Waals surface area contributed by atoms with E-state index in [4.69, 9.17) is 9.73 Å². The number of hydrogen-bond donors (Lipinski definition) is 0. The standard InChI is InChI=1S/C14H23NOS/c1-9-8-17-12(16-9)15-14(4)11-6-5-10(7-11)13(14,2)3/h9-11H,5-8H2,1-4H3/t9-,10+,11-,14+/m1/s1. The Labute approximate surface area is 109 Å². The van der Waals surface area contributed by atoms with Gasteiger partial charge >= 0.3 is 0 Å². The molecule has 4 atom stereocenters. The topological polar surface area (TPSA) is 21.6 Å². The second-order valence-electron chi connectivity index (χ2n) is 6.69. The molecule has 2 nitrogen and oxygen atoms in total. The zero-order valence-corrected chi connectivity index (χ0v) is 12.1. The predicted octanol–water partition coefficient (Wildman–Crippen LogP) is 3.71. The number of aliphatic imine (C=N–C) groups is 1. The molecule has 0 spiro atoms. The molecule has 17 heavy (non-hydrogen) atoms. The molecule has 3 fully saturated rings. The lowest BCUT2D eigenvalue weighted by Crippen LogP contribution is -2.45. The molecule has 2 bridgehead atoms. The van der Waals surface area contributed by atoms with Crippen LogP contribution in [0.25, 0.3) is 0 Å². The van der Waals surface area contributed by atoms with Gasteiger partial charge in [0.15, 0.2) is 0 Å². The van der Waals surface area contributed by atoms with Crippen LogP contribution < -0.4 is 0 Å². The number of hydrogen-bond acceptors (Lipinski definition) is 3. The molecule has 2 saturated carbocycles. The number of thioether (sulfide) groups is 1. The summed E-state index contributed by atoms with van der Waals surface area (Å²) in [6.45, 7) is 9.30. The van der Waals surface area contributed by atoms with E-state index in [1.807, 2.05) is 0 Å². The normalized spacial score (nSPS) is 49.9. The molecule has 1 heterocycles. The predicted molar refractivity (Wildman–Crippen MR) is 73.5 cm³/mol. The molecule has 1 saturated heterocycles. The third kappa shape index (κ3) is 1.57. The summed E-state index contributed by atoms with van der Waals surface area (Å²) in [4.78, 5) is 5.05. The highest BCUT2D eigenvalue weighted by atomic mass is 32.2. The number of nitrogens with zero attached hydrogens (tertiary/aromatic N) is 1. The lowest BCUT2D eigenvalue weighted by Gasteiger charge is -2.44. The zero-order chi connectivity index (χ0) is 12.3. The van der Waals surface area contributed by atoms with Gasteiger partial charge in [-0.15, -0.1) is 0 Å². The summed E-state index contributed by atoms with van der Waals surface area (Å²) < 4.78 is 5.80. The third-order valence-corrected chi connectivity index (χ3v) is 6.69. The molecule has 0 aromatic carbocycles. The molecule has 3 rings (SSSR count). The molecule has 0 radical (unpaired) electrons. The Morgan fingerprint density at radius 1 is 1.24 bits per heavy atom. The lowest BCUT2D eigenvalue weighted by molar-refractivity contribution is 0.100. The first-order chi connectivity index (χ1) is 7.93. The highest BCUT2D eigenvalue weighted by Crippen LogP contribution is 2.63. The number of rotatable bonds is 1. The van der Waals surface area contributed by atoms with E-state index in [0.29, 0.717) is 11.5 Å². The van der Waals surface area contributed by atoms with Crippen molar-refractivity contribution in [2.24, 2.45) is 22.2 Å². The summed E-state index contributed by atoms with van der Waals surface area (Å²) in [6.07, 6.45) is 4.48. The second-order valence-corrected chi connectivity index (χ2v) is 7.66. The molecule has 0 aromatic rings. The van der Waals surface area contributed by atoms with Gasteiger partial charge in [-0.05, 0) is 50.4 Å². The van der Waals surface area contributed by atoms with E-state index < -0.39 is 0 Å². The van der Waals surface area contributed by atoms with Gasteiger partial charge in [0.25, 0.3) is 0 Å². The molecular formula is C14H23NOS. The molecule has 1 aliphatic heterocycles. The summed E-state index contributed by atoms with van der Waals surface area (Å²) in [6, 6.07) is 0. The van der Waals surface area contributed by atoms with Gasteiger partial charge in [0, 0.05) is 5.75 Å². The van der Waals surface area contributed by atoms with E-state index in [1.54, 1.807) is 11.8 Å².